The highest BCUT2D eigenvalue weighted by Crippen LogP contribution is 2.25. The summed E-state index contributed by atoms with van der Waals surface area (Å²) in [6.07, 6.45) is 0. The molecule has 1 heterocycles. The topological polar surface area (TPSA) is 76.5 Å². The molecule has 0 atom stereocenters. The molecule has 0 amide bonds. The zero-order valence-corrected chi connectivity index (χ0v) is 13.5. The van der Waals surface area contributed by atoms with Crippen LogP contribution in [-0.4, -0.2) is 19.8 Å². The zero-order chi connectivity index (χ0) is 15.8. The minimum Gasteiger partial charge on any atom is -0.465 e. The van der Waals surface area contributed by atoms with Crippen LogP contribution in [0, 0.1) is 20.8 Å². The summed E-state index contributed by atoms with van der Waals surface area (Å²) in [7, 11) is -2.08. The number of anilines is 1. The molecule has 2 N–H and O–H groups in total. The van der Waals surface area contributed by atoms with E-state index in [0.29, 0.717) is 17.0 Å². The van der Waals surface area contributed by atoms with E-state index >= 15 is 0 Å². The zero-order valence-electron chi connectivity index (χ0n) is 12.7. The number of benzene rings is 1. The van der Waals surface area contributed by atoms with Crippen molar-refractivity contribution in [2.75, 3.05) is 12.8 Å². The average Bonchev–Trinajstić information content (AvgIpc) is 2.79. The number of hydrogen-bond donors (Lipinski definition) is 1. The molecule has 0 aliphatic rings. The Hall–Kier alpha value is -1.79. The Labute approximate surface area is 125 Å². The Bertz CT molecular complexity index is 763. The van der Waals surface area contributed by atoms with Crippen LogP contribution in [0.15, 0.2) is 33.6 Å². The molecule has 21 heavy (non-hydrogen) atoms. The fourth-order valence-corrected chi connectivity index (χ4v) is 3.63. The van der Waals surface area contributed by atoms with Crippen LogP contribution >= 0.6 is 0 Å². The van der Waals surface area contributed by atoms with Crippen LogP contribution in [-0.2, 0) is 16.6 Å². The molecule has 6 heteroatoms. The average molecular weight is 308 g/mol. The lowest BCUT2D eigenvalue weighted by Gasteiger charge is -2.19. The first-order valence-corrected chi connectivity index (χ1v) is 8.04. The third-order valence-electron chi connectivity index (χ3n) is 3.50. The molecule has 2 rings (SSSR count). The first-order chi connectivity index (χ1) is 9.71. The van der Waals surface area contributed by atoms with Gasteiger partial charge in [0.1, 0.15) is 11.5 Å². The summed E-state index contributed by atoms with van der Waals surface area (Å²) < 4.78 is 32.1. The number of furan rings is 1. The number of nitrogen functional groups attached to an aromatic ring is 1. The van der Waals surface area contributed by atoms with E-state index in [-0.39, 0.29) is 11.4 Å². The van der Waals surface area contributed by atoms with Gasteiger partial charge < -0.3 is 10.2 Å². The summed E-state index contributed by atoms with van der Waals surface area (Å²) in [5, 5.41) is 0. The van der Waals surface area contributed by atoms with Crippen molar-refractivity contribution >= 4 is 15.7 Å². The quantitative estimate of drug-likeness (QED) is 0.881. The summed E-state index contributed by atoms with van der Waals surface area (Å²) in [6.45, 7) is 5.64. The van der Waals surface area contributed by atoms with Crippen LogP contribution in [0.25, 0.3) is 0 Å². The van der Waals surface area contributed by atoms with E-state index in [2.05, 4.69) is 0 Å². The van der Waals surface area contributed by atoms with E-state index < -0.39 is 10.0 Å². The Morgan fingerprint density at radius 3 is 2.43 bits per heavy atom. The standard InChI is InChI=1S/C15H20N2O3S/c1-10-7-13(16)8-15(12(10)3)21(18,19)17(4)9-14-6-5-11(2)20-14/h5-8H,9,16H2,1-4H3. The molecular formula is C15H20N2O3S. The monoisotopic (exact) mass is 308 g/mol. The number of aryl methyl sites for hydroxylation is 2. The van der Waals surface area contributed by atoms with Gasteiger partial charge >= 0.3 is 0 Å². The van der Waals surface area contributed by atoms with Gasteiger partial charge in [0.2, 0.25) is 10.0 Å². The van der Waals surface area contributed by atoms with Crippen LogP contribution in [0.2, 0.25) is 0 Å². The third kappa shape index (κ3) is 3.11. The minimum absolute atomic E-state index is 0.184. The molecule has 0 aliphatic carbocycles. The van der Waals surface area contributed by atoms with Gasteiger partial charge in [0.15, 0.2) is 0 Å². The SMILES string of the molecule is Cc1ccc(CN(C)S(=O)(=O)c2cc(N)cc(C)c2C)o1. The van der Waals surface area contributed by atoms with Gasteiger partial charge in [-0.2, -0.15) is 4.31 Å². The molecule has 0 fully saturated rings. The number of rotatable bonds is 4. The first kappa shape index (κ1) is 15.6. The highest BCUT2D eigenvalue weighted by atomic mass is 32.2. The third-order valence-corrected chi connectivity index (χ3v) is 5.43. The molecule has 2 aromatic rings. The van der Waals surface area contributed by atoms with Gasteiger partial charge in [-0.05, 0) is 56.2 Å². The van der Waals surface area contributed by atoms with Crippen LogP contribution in [0.1, 0.15) is 22.6 Å². The van der Waals surface area contributed by atoms with Gasteiger partial charge in [0.05, 0.1) is 11.4 Å². The summed E-state index contributed by atoms with van der Waals surface area (Å²) in [6, 6.07) is 6.86. The van der Waals surface area contributed by atoms with Crippen molar-refractivity contribution in [3.8, 4) is 0 Å². The van der Waals surface area contributed by atoms with Crippen molar-refractivity contribution < 1.29 is 12.8 Å². The Morgan fingerprint density at radius 1 is 1.19 bits per heavy atom. The van der Waals surface area contributed by atoms with Crippen molar-refractivity contribution in [2.45, 2.75) is 32.2 Å². The molecule has 0 radical (unpaired) electrons. The second-order valence-electron chi connectivity index (χ2n) is 5.23. The van der Waals surface area contributed by atoms with Crippen LogP contribution in [0.5, 0.6) is 0 Å². The summed E-state index contributed by atoms with van der Waals surface area (Å²) in [5.74, 6) is 1.36. The Balaban J connectivity index is 2.37. The molecule has 0 saturated carbocycles. The van der Waals surface area contributed by atoms with Crippen LogP contribution < -0.4 is 5.73 Å². The maximum absolute atomic E-state index is 12.7. The van der Waals surface area contributed by atoms with Crippen molar-refractivity contribution in [1.29, 1.82) is 0 Å². The lowest BCUT2D eigenvalue weighted by atomic mass is 10.1. The highest BCUT2D eigenvalue weighted by molar-refractivity contribution is 7.89. The molecule has 0 unspecified atom stereocenters. The number of nitrogens with zero attached hydrogens (tertiary/aromatic N) is 1. The number of hydrogen-bond acceptors (Lipinski definition) is 4. The summed E-state index contributed by atoms with van der Waals surface area (Å²) in [4.78, 5) is 0.241. The highest BCUT2D eigenvalue weighted by Gasteiger charge is 2.24. The molecule has 0 aliphatic heterocycles. The van der Waals surface area contributed by atoms with E-state index in [4.69, 9.17) is 10.2 Å². The second-order valence-corrected chi connectivity index (χ2v) is 7.25. The summed E-state index contributed by atoms with van der Waals surface area (Å²) in [5.41, 5.74) is 7.79. The molecule has 1 aromatic carbocycles. The van der Waals surface area contributed by atoms with E-state index in [9.17, 15) is 8.42 Å². The fraction of sp³-hybridized carbons (Fsp3) is 0.333. The lowest BCUT2D eigenvalue weighted by molar-refractivity contribution is 0.397. The molecular weight excluding hydrogens is 288 g/mol. The Morgan fingerprint density at radius 2 is 1.86 bits per heavy atom. The van der Waals surface area contributed by atoms with Crippen molar-refractivity contribution in [1.82, 2.24) is 4.31 Å². The maximum atomic E-state index is 12.7. The fourth-order valence-electron chi connectivity index (χ4n) is 2.16. The van der Waals surface area contributed by atoms with Gasteiger partial charge in [-0.1, -0.05) is 0 Å². The smallest absolute Gasteiger partial charge is 0.243 e. The first-order valence-electron chi connectivity index (χ1n) is 6.60. The Kier molecular flexibility index (Phi) is 4.11. The largest absolute Gasteiger partial charge is 0.465 e. The van der Waals surface area contributed by atoms with Crippen LogP contribution in [0.3, 0.4) is 0 Å². The lowest BCUT2D eigenvalue weighted by Crippen LogP contribution is -2.27. The predicted molar refractivity (Wildman–Crippen MR) is 82.4 cm³/mol. The van der Waals surface area contributed by atoms with Gasteiger partial charge in [0.25, 0.3) is 0 Å². The second kappa shape index (κ2) is 5.54. The molecule has 114 valence electrons. The van der Waals surface area contributed by atoms with E-state index in [1.54, 1.807) is 19.1 Å². The van der Waals surface area contributed by atoms with Crippen molar-refractivity contribution in [3.05, 3.63) is 46.9 Å². The van der Waals surface area contributed by atoms with Gasteiger partial charge in [-0.15, -0.1) is 0 Å². The molecule has 0 bridgehead atoms. The molecule has 5 nitrogen and oxygen atoms in total. The van der Waals surface area contributed by atoms with E-state index in [1.165, 1.54) is 17.4 Å². The number of sulfonamides is 1. The maximum Gasteiger partial charge on any atom is 0.243 e. The minimum atomic E-state index is -3.61. The van der Waals surface area contributed by atoms with E-state index in [1.807, 2.05) is 19.9 Å². The van der Waals surface area contributed by atoms with Crippen molar-refractivity contribution in [3.63, 3.8) is 0 Å². The number of nitrogens with two attached hydrogens (primary N) is 1. The van der Waals surface area contributed by atoms with Gasteiger partial charge in [-0.3, -0.25) is 0 Å². The molecule has 0 saturated heterocycles. The summed E-state index contributed by atoms with van der Waals surface area (Å²) >= 11 is 0. The molecule has 1 aromatic heterocycles. The van der Waals surface area contributed by atoms with Crippen molar-refractivity contribution in [2.24, 2.45) is 0 Å². The van der Waals surface area contributed by atoms with Gasteiger partial charge in [0, 0.05) is 12.7 Å². The van der Waals surface area contributed by atoms with E-state index in [0.717, 1.165) is 11.3 Å². The van der Waals surface area contributed by atoms with Gasteiger partial charge in [-0.25, -0.2) is 8.42 Å². The predicted octanol–water partition coefficient (Wildman–Crippen LogP) is 2.61. The normalized spacial score (nSPS) is 12.0. The van der Waals surface area contributed by atoms with Crippen LogP contribution in [0.4, 0.5) is 5.69 Å². The molecule has 0 spiro atoms.